The van der Waals surface area contributed by atoms with E-state index in [4.69, 9.17) is 0 Å². The van der Waals surface area contributed by atoms with Crippen LogP contribution in [0.15, 0.2) is 0 Å². The Balaban J connectivity index is 1.65. The summed E-state index contributed by atoms with van der Waals surface area (Å²) in [4.78, 5) is 24.9. The standard InChI is InChI=1S/C32H57F6N5O/c1-39(2)17-19-42(20-18-40(3)4)28-12-15-43(16-13-28)29(25-9-7-6-8-10-25)30(44)41(5)14-11-24-21-26(31(33,34)35)23-27(22-24)32(36,37)38/h24-29H,6-23H2,1-5H3. The molecule has 3 unspecified atom stereocenters. The minimum Gasteiger partial charge on any atom is -0.344 e. The van der Waals surface area contributed by atoms with Gasteiger partial charge in [-0.2, -0.15) is 26.3 Å². The first-order valence-electron chi connectivity index (χ1n) is 16.7. The van der Waals surface area contributed by atoms with Crippen LogP contribution in [0, 0.1) is 23.7 Å². The number of likely N-dealkylation sites (N-methyl/N-ethyl adjacent to an activating group) is 3. The first-order chi connectivity index (χ1) is 20.6. The molecular weight excluding hydrogens is 584 g/mol. The van der Waals surface area contributed by atoms with E-state index in [1.165, 1.54) is 0 Å². The molecule has 3 aliphatic rings. The summed E-state index contributed by atoms with van der Waals surface area (Å²) in [6, 6.07) is 0.163. The maximum Gasteiger partial charge on any atom is 0.391 e. The molecule has 0 aromatic rings. The summed E-state index contributed by atoms with van der Waals surface area (Å²) in [6.45, 7) is 5.76. The van der Waals surface area contributed by atoms with Crippen molar-refractivity contribution in [1.29, 1.82) is 0 Å². The Morgan fingerprint density at radius 2 is 1.20 bits per heavy atom. The predicted molar refractivity (Wildman–Crippen MR) is 162 cm³/mol. The number of likely N-dealkylation sites (tertiary alicyclic amines) is 1. The second-order valence-electron chi connectivity index (χ2n) is 14.4. The largest absolute Gasteiger partial charge is 0.391 e. The molecule has 3 atom stereocenters. The number of carbonyl (C=O) groups excluding carboxylic acids is 1. The number of hydrogen-bond donors (Lipinski definition) is 0. The van der Waals surface area contributed by atoms with Crippen LogP contribution in [-0.4, -0.2) is 136 Å². The Bertz CT molecular complexity index is 821. The maximum absolute atomic E-state index is 14.0. The molecule has 0 aromatic heterocycles. The molecule has 0 radical (unpaired) electrons. The normalized spacial score (nSPS) is 26.1. The predicted octanol–water partition coefficient (Wildman–Crippen LogP) is 5.83. The molecule has 1 aliphatic heterocycles. The van der Waals surface area contributed by atoms with E-state index in [1.807, 2.05) is 0 Å². The molecule has 1 saturated heterocycles. The molecule has 2 saturated carbocycles. The van der Waals surface area contributed by atoms with Crippen LogP contribution >= 0.6 is 0 Å². The third kappa shape index (κ3) is 11.3. The Kier molecular flexibility index (Phi) is 14.1. The number of alkyl halides is 6. The van der Waals surface area contributed by atoms with Crippen molar-refractivity contribution >= 4 is 5.91 Å². The molecule has 0 spiro atoms. The van der Waals surface area contributed by atoms with Crippen LogP contribution in [0.3, 0.4) is 0 Å². The highest BCUT2D eigenvalue weighted by atomic mass is 19.4. The lowest BCUT2D eigenvalue weighted by atomic mass is 9.73. The second kappa shape index (κ2) is 16.6. The van der Waals surface area contributed by atoms with Crippen molar-refractivity contribution in [2.75, 3.05) is 81.1 Å². The van der Waals surface area contributed by atoms with E-state index in [9.17, 15) is 31.1 Å². The van der Waals surface area contributed by atoms with Gasteiger partial charge in [0.1, 0.15) is 0 Å². The zero-order valence-corrected chi connectivity index (χ0v) is 27.6. The lowest BCUT2D eigenvalue weighted by Gasteiger charge is -2.45. The van der Waals surface area contributed by atoms with Gasteiger partial charge in [-0.1, -0.05) is 19.3 Å². The van der Waals surface area contributed by atoms with Crippen molar-refractivity contribution in [3.8, 4) is 0 Å². The van der Waals surface area contributed by atoms with E-state index in [0.717, 1.165) is 84.2 Å². The van der Waals surface area contributed by atoms with Crippen molar-refractivity contribution < 1.29 is 31.1 Å². The number of rotatable bonds is 13. The van der Waals surface area contributed by atoms with Crippen LogP contribution < -0.4 is 0 Å². The third-order valence-corrected chi connectivity index (χ3v) is 10.4. The molecule has 1 amide bonds. The van der Waals surface area contributed by atoms with Crippen LogP contribution in [0.1, 0.15) is 70.6 Å². The minimum absolute atomic E-state index is 0.0250. The average Bonchev–Trinajstić information content (AvgIpc) is 2.95. The maximum atomic E-state index is 14.0. The molecular formula is C32H57F6N5O. The molecule has 2 aliphatic carbocycles. The summed E-state index contributed by atoms with van der Waals surface area (Å²) in [5.74, 6) is -4.40. The molecule has 0 bridgehead atoms. The number of amides is 1. The molecule has 12 heteroatoms. The van der Waals surface area contributed by atoms with Gasteiger partial charge in [-0.25, -0.2) is 0 Å². The molecule has 6 nitrogen and oxygen atoms in total. The van der Waals surface area contributed by atoms with Crippen LogP contribution in [0.25, 0.3) is 0 Å². The van der Waals surface area contributed by atoms with Crippen molar-refractivity contribution in [3.63, 3.8) is 0 Å². The Morgan fingerprint density at radius 3 is 1.66 bits per heavy atom. The summed E-state index contributed by atoms with van der Waals surface area (Å²) in [6.07, 6.45) is -3.39. The van der Waals surface area contributed by atoms with Gasteiger partial charge >= 0.3 is 12.4 Å². The number of nitrogens with zero attached hydrogens (tertiary/aromatic N) is 5. The second-order valence-corrected chi connectivity index (χ2v) is 14.4. The summed E-state index contributed by atoms with van der Waals surface area (Å²) in [5, 5.41) is 0. The SMILES string of the molecule is CN(C)CCN(CCN(C)C)C1CCN(C(C(=O)N(C)CCC2CC(C(F)(F)F)CC(C(F)(F)F)C2)C2CCCCC2)CC1. The lowest BCUT2D eigenvalue weighted by Crippen LogP contribution is -2.56. The van der Waals surface area contributed by atoms with E-state index in [2.05, 4.69) is 47.8 Å². The summed E-state index contributed by atoms with van der Waals surface area (Å²) in [7, 11) is 10.0. The molecule has 0 N–H and O–H groups in total. The third-order valence-electron chi connectivity index (χ3n) is 10.4. The topological polar surface area (TPSA) is 33.3 Å². The molecule has 3 rings (SSSR count). The van der Waals surface area contributed by atoms with Crippen molar-refractivity contribution in [1.82, 2.24) is 24.5 Å². The lowest BCUT2D eigenvalue weighted by molar-refractivity contribution is -0.229. The van der Waals surface area contributed by atoms with Crippen LogP contribution in [0.2, 0.25) is 0 Å². The molecule has 1 heterocycles. The van der Waals surface area contributed by atoms with E-state index in [1.54, 1.807) is 11.9 Å². The molecule has 44 heavy (non-hydrogen) atoms. The van der Waals surface area contributed by atoms with Gasteiger partial charge in [-0.05, 0) is 91.4 Å². The number of halogens is 6. The number of hydrogen-bond acceptors (Lipinski definition) is 5. The van der Waals surface area contributed by atoms with Crippen LogP contribution in [-0.2, 0) is 4.79 Å². The van der Waals surface area contributed by atoms with E-state index >= 15 is 0 Å². The fourth-order valence-corrected chi connectivity index (χ4v) is 7.69. The van der Waals surface area contributed by atoms with Gasteiger partial charge in [-0.3, -0.25) is 14.6 Å². The Hall–Kier alpha value is -1.11. The Labute approximate surface area is 261 Å². The summed E-state index contributed by atoms with van der Waals surface area (Å²) < 4.78 is 81.1. The van der Waals surface area contributed by atoms with E-state index in [0.29, 0.717) is 6.04 Å². The monoisotopic (exact) mass is 641 g/mol. The highest BCUT2D eigenvalue weighted by Crippen LogP contribution is 2.48. The molecule has 3 fully saturated rings. The highest BCUT2D eigenvalue weighted by Gasteiger charge is 2.51. The number of piperidine rings is 1. The summed E-state index contributed by atoms with van der Waals surface area (Å²) in [5.41, 5.74) is 0. The van der Waals surface area contributed by atoms with Crippen molar-refractivity contribution in [3.05, 3.63) is 0 Å². The quantitative estimate of drug-likeness (QED) is 0.237. The Morgan fingerprint density at radius 1 is 0.705 bits per heavy atom. The van der Waals surface area contributed by atoms with Gasteiger partial charge in [0.05, 0.1) is 17.9 Å². The molecule has 0 aromatic carbocycles. The van der Waals surface area contributed by atoms with Crippen molar-refractivity contribution in [2.24, 2.45) is 23.7 Å². The molecule has 258 valence electrons. The zero-order chi connectivity index (χ0) is 32.7. The fraction of sp³-hybridized carbons (Fsp3) is 0.969. The van der Waals surface area contributed by atoms with Gasteiger partial charge in [0, 0.05) is 58.9 Å². The van der Waals surface area contributed by atoms with Crippen LogP contribution in [0.4, 0.5) is 26.3 Å². The number of carbonyl (C=O) groups is 1. The van der Waals surface area contributed by atoms with Gasteiger partial charge in [0.15, 0.2) is 0 Å². The smallest absolute Gasteiger partial charge is 0.344 e. The van der Waals surface area contributed by atoms with Gasteiger partial charge in [-0.15, -0.1) is 0 Å². The fourth-order valence-electron chi connectivity index (χ4n) is 7.69. The van der Waals surface area contributed by atoms with Crippen LogP contribution in [0.5, 0.6) is 0 Å². The summed E-state index contributed by atoms with van der Waals surface area (Å²) >= 11 is 0. The van der Waals surface area contributed by atoms with Gasteiger partial charge < -0.3 is 14.7 Å². The first kappa shape index (κ1) is 37.3. The first-order valence-corrected chi connectivity index (χ1v) is 16.7. The van der Waals surface area contributed by atoms with Crippen molar-refractivity contribution in [2.45, 2.75) is 95.1 Å². The van der Waals surface area contributed by atoms with Gasteiger partial charge in [0.25, 0.3) is 0 Å². The zero-order valence-electron chi connectivity index (χ0n) is 27.6. The van der Waals surface area contributed by atoms with E-state index in [-0.39, 0.29) is 43.7 Å². The average molecular weight is 642 g/mol. The van der Waals surface area contributed by atoms with Gasteiger partial charge in [0.2, 0.25) is 5.91 Å². The highest BCUT2D eigenvalue weighted by molar-refractivity contribution is 5.82. The minimum atomic E-state index is -4.64. The van der Waals surface area contributed by atoms with E-state index < -0.39 is 36.5 Å².